The normalized spacial score (nSPS) is 19.3. The number of hydrogen-bond donors (Lipinski definition) is 0. The Morgan fingerprint density at radius 2 is 1.97 bits per heavy atom. The molecule has 1 aromatic carbocycles. The smallest absolute Gasteiger partial charge is 0.228 e. The van der Waals surface area contributed by atoms with Crippen molar-refractivity contribution in [2.75, 3.05) is 13.1 Å². The fraction of sp³-hybridized carbons (Fsp3) is 0.478. The standard InChI is InChI=1S/C23H27N5OS/c29-21(14-19-16-30-23(24-19)17-8-3-1-4-9-17)27-12-7-10-18(15-27)22-26-25-20-11-5-2-6-13-28(20)22/h1,3-4,8-9,16,18H,2,5-7,10-15H2. The zero-order valence-corrected chi connectivity index (χ0v) is 18.0. The molecule has 1 amide bonds. The summed E-state index contributed by atoms with van der Waals surface area (Å²) in [5.74, 6) is 2.67. The average molecular weight is 422 g/mol. The second kappa shape index (κ2) is 8.68. The highest BCUT2D eigenvalue weighted by Gasteiger charge is 2.29. The molecule has 0 bridgehead atoms. The molecule has 1 fully saturated rings. The SMILES string of the molecule is O=C(Cc1csc(-c2ccccc2)n1)N1CCCC(c2nnc3n2CCCCC3)C1. The number of rotatable bonds is 4. The molecule has 6 nitrogen and oxygen atoms in total. The second-order valence-electron chi connectivity index (χ2n) is 8.30. The van der Waals surface area contributed by atoms with Crippen molar-refractivity contribution >= 4 is 17.2 Å². The predicted molar refractivity (Wildman–Crippen MR) is 117 cm³/mol. The van der Waals surface area contributed by atoms with Crippen LogP contribution < -0.4 is 0 Å². The van der Waals surface area contributed by atoms with Crippen molar-refractivity contribution in [3.63, 3.8) is 0 Å². The van der Waals surface area contributed by atoms with Crippen molar-refractivity contribution < 1.29 is 4.79 Å². The molecule has 2 aliphatic rings. The summed E-state index contributed by atoms with van der Waals surface area (Å²) in [5.41, 5.74) is 1.97. The molecule has 30 heavy (non-hydrogen) atoms. The molecule has 0 spiro atoms. The maximum absolute atomic E-state index is 13.0. The van der Waals surface area contributed by atoms with Crippen molar-refractivity contribution in [3.05, 3.63) is 53.1 Å². The van der Waals surface area contributed by atoms with Crippen LogP contribution in [0.3, 0.4) is 0 Å². The van der Waals surface area contributed by atoms with E-state index in [2.05, 4.69) is 26.9 Å². The Kier molecular flexibility index (Phi) is 5.62. The number of benzene rings is 1. The Hall–Kier alpha value is -2.54. The van der Waals surface area contributed by atoms with E-state index >= 15 is 0 Å². The first-order valence-electron chi connectivity index (χ1n) is 11.0. The summed E-state index contributed by atoms with van der Waals surface area (Å²) >= 11 is 1.60. The zero-order valence-electron chi connectivity index (χ0n) is 17.2. The summed E-state index contributed by atoms with van der Waals surface area (Å²) in [5, 5.41) is 12.0. The van der Waals surface area contributed by atoms with Gasteiger partial charge in [-0.1, -0.05) is 36.8 Å². The van der Waals surface area contributed by atoms with E-state index in [0.717, 1.165) is 66.8 Å². The van der Waals surface area contributed by atoms with Crippen LogP contribution in [-0.4, -0.2) is 43.6 Å². The molecule has 3 aromatic rings. The van der Waals surface area contributed by atoms with E-state index in [-0.39, 0.29) is 11.8 Å². The lowest BCUT2D eigenvalue weighted by Crippen LogP contribution is -2.40. The molecule has 2 aliphatic heterocycles. The molecule has 1 unspecified atom stereocenters. The third-order valence-electron chi connectivity index (χ3n) is 6.18. The van der Waals surface area contributed by atoms with Gasteiger partial charge in [-0.25, -0.2) is 4.98 Å². The molecule has 4 heterocycles. The van der Waals surface area contributed by atoms with Crippen LogP contribution in [0.4, 0.5) is 0 Å². The van der Waals surface area contributed by atoms with Crippen LogP contribution in [0.1, 0.15) is 55.4 Å². The van der Waals surface area contributed by atoms with E-state index in [1.165, 1.54) is 19.3 Å². The minimum absolute atomic E-state index is 0.167. The van der Waals surface area contributed by atoms with Gasteiger partial charge >= 0.3 is 0 Å². The molecule has 0 aliphatic carbocycles. The van der Waals surface area contributed by atoms with E-state index in [0.29, 0.717) is 6.42 Å². The number of aromatic nitrogens is 4. The van der Waals surface area contributed by atoms with E-state index in [1.807, 2.05) is 28.5 Å². The number of piperidine rings is 1. The number of carbonyl (C=O) groups excluding carboxylic acids is 1. The van der Waals surface area contributed by atoms with Crippen LogP contribution in [-0.2, 0) is 24.2 Å². The summed E-state index contributed by atoms with van der Waals surface area (Å²) in [4.78, 5) is 19.7. The maximum Gasteiger partial charge on any atom is 0.228 e. The lowest BCUT2D eigenvalue weighted by atomic mass is 9.96. The first-order valence-corrected chi connectivity index (χ1v) is 11.9. The monoisotopic (exact) mass is 421 g/mol. The Bertz CT molecular complexity index is 1010. The molecular weight excluding hydrogens is 394 g/mol. The van der Waals surface area contributed by atoms with Crippen LogP contribution in [0.25, 0.3) is 10.6 Å². The van der Waals surface area contributed by atoms with Gasteiger partial charge in [0.1, 0.15) is 16.7 Å². The summed E-state index contributed by atoms with van der Waals surface area (Å²) in [7, 11) is 0. The number of aryl methyl sites for hydroxylation is 1. The molecular formula is C23H27N5OS. The van der Waals surface area contributed by atoms with Gasteiger partial charge in [-0.3, -0.25) is 4.79 Å². The van der Waals surface area contributed by atoms with E-state index in [4.69, 9.17) is 4.98 Å². The predicted octanol–water partition coefficient (Wildman–Crippen LogP) is 4.08. The van der Waals surface area contributed by atoms with Crippen molar-refractivity contribution in [1.82, 2.24) is 24.6 Å². The topological polar surface area (TPSA) is 63.9 Å². The average Bonchev–Trinajstić information content (AvgIpc) is 3.35. The first-order chi connectivity index (χ1) is 14.8. The number of carbonyl (C=O) groups is 1. The third kappa shape index (κ3) is 4.03. The van der Waals surface area contributed by atoms with Crippen molar-refractivity contribution in [1.29, 1.82) is 0 Å². The van der Waals surface area contributed by atoms with Gasteiger partial charge in [0.15, 0.2) is 0 Å². The van der Waals surface area contributed by atoms with E-state index in [9.17, 15) is 4.79 Å². The lowest BCUT2D eigenvalue weighted by molar-refractivity contribution is -0.131. The fourth-order valence-electron chi connectivity index (χ4n) is 4.59. The molecule has 0 saturated carbocycles. The molecule has 0 N–H and O–H groups in total. The Morgan fingerprint density at radius 1 is 1.07 bits per heavy atom. The quantitative estimate of drug-likeness (QED) is 0.637. The largest absolute Gasteiger partial charge is 0.342 e. The van der Waals surface area contributed by atoms with Gasteiger partial charge in [-0.2, -0.15) is 0 Å². The highest BCUT2D eigenvalue weighted by molar-refractivity contribution is 7.13. The van der Waals surface area contributed by atoms with Crippen LogP contribution in [0.5, 0.6) is 0 Å². The molecule has 5 rings (SSSR count). The first kappa shape index (κ1) is 19.4. The summed E-state index contributed by atoms with van der Waals surface area (Å²) < 4.78 is 2.33. The minimum Gasteiger partial charge on any atom is -0.342 e. The zero-order chi connectivity index (χ0) is 20.3. The fourth-order valence-corrected chi connectivity index (χ4v) is 5.42. The molecule has 2 aromatic heterocycles. The van der Waals surface area contributed by atoms with Gasteiger partial charge in [0.25, 0.3) is 0 Å². The molecule has 0 radical (unpaired) electrons. The Labute approximate surface area is 181 Å². The molecule has 1 saturated heterocycles. The number of hydrogen-bond acceptors (Lipinski definition) is 5. The van der Waals surface area contributed by atoms with Crippen LogP contribution in [0.2, 0.25) is 0 Å². The van der Waals surface area contributed by atoms with Crippen LogP contribution in [0.15, 0.2) is 35.7 Å². The van der Waals surface area contributed by atoms with Crippen LogP contribution in [0, 0.1) is 0 Å². The van der Waals surface area contributed by atoms with Gasteiger partial charge in [0, 0.05) is 42.9 Å². The van der Waals surface area contributed by atoms with Gasteiger partial charge in [-0.15, -0.1) is 21.5 Å². The highest BCUT2D eigenvalue weighted by atomic mass is 32.1. The third-order valence-corrected chi connectivity index (χ3v) is 7.12. The number of thiazole rings is 1. The molecule has 1 atom stereocenters. The maximum atomic E-state index is 13.0. The number of likely N-dealkylation sites (tertiary alicyclic amines) is 1. The Balaban J connectivity index is 1.26. The van der Waals surface area contributed by atoms with E-state index in [1.54, 1.807) is 11.3 Å². The second-order valence-corrected chi connectivity index (χ2v) is 9.16. The van der Waals surface area contributed by atoms with Gasteiger partial charge in [0.05, 0.1) is 12.1 Å². The lowest BCUT2D eigenvalue weighted by Gasteiger charge is -2.32. The summed E-state index contributed by atoms with van der Waals surface area (Å²) in [6.07, 6.45) is 7.15. The van der Waals surface area contributed by atoms with Gasteiger partial charge in [-0.05, 0) is 25.7 Å². The number of amides is 1. The number of nitrogens with zero attached hydrogens (tertiary/aromatic N) is 5. The highest BCUT2D eigenvalue weighted by Crippen LogP contribution is 2.29. The molecule has 156 valence electrons. The van der Waals surface area contributed by atoms with Crippen molar-refractivity contribution in [2.24, 2.45) is 0 Å². The van der Waals surface area contributed by atoms with Crippen molar-refractivity contribution in [3.8, 4) is 10.6 Å². The van der Waals surface area contributed by atoms with Gasteiger partial charge < -0.3 is 9.47 Å². The van der Waals surface area contributed by atoms with Gasteiger partial charge in [0.2, 0.25) is 5.91 Å². The summed E-state index contributed by atoms with van der Waals surface area (Å²) in [6, 6.07) is 10.1. The van der Waals surface area contributed by atoms with Crippen molar-refractivity contribution in [2.45, 2.75) is 57.4 Å². The Morgan fingerprint density at radius 3 is 2.87 bits per heavy atom. The summed E-state index contributed by atoms with van der Waals surface area (Å²) in [6.45, 7) is 2.59. The van der Waals surface area contributed by atoms with E-state index < -0.39 is 0 Å². The van der Waals surface area contributed by atoms with Crippen LogP contribution >= 0.6 is 11.3 Å². The molecule has 7 heteroatoms. The number of fused-ring (bicyclic) bond motifs is 1. The minimum atomic E-state index is 0.167.